The van der Waals surface area contributed by atoms with Crippen LogP contribution in [0.3, 0.4) is 0 Å². The van der Waals surface area contributed by atoms with E-state index >= 15 is 0 Å². The molecule has 106 valence electrons. The van der Waals surface area contributed by atoms with Crippen molar-refractivity contribution in [3.63, 3.8) is 0 Å². The van der Waals surface area contributed by atoms with Crippen LogP contribution in [-0.4, -0.2) is 17.3 Å². The van der Waals surface area contributed by atoms with Crippen molar-refractivity contribution >= 4 is 11.7 Å². The maximum atomic E-state index is 13.7. The zero-order valence-electron chi connectivity index (χ0n) is 10.4. The lowest BCUT2D eigenvalue weighted by molar-refractivity contribution is -0.207. The zero-order valence-corrected chi connectivity index (χ0v) is 10.4. The molecule has 1 heterocycles. The van der Waals surface area contributed by atoms with E-state index in [-0.39, 0.29) is 11.3 Å². The SMILES string of the molecule is CCC#CN1C(=O)N(F)C(C(F)(F)F)c2ccccc21. The second-order valence-corrected chi connectivity index (χ2v) is 4.07. The number of hydrogen-bond donors (Lipinski definition) is 0. The predicted octanol–water partition coefficient (Wildman–Crippen LogP) is 3.79. The number of urea groups is 1. The number of anilines is 1. The Bertz CT molecular complexity index is 588. The van der Waals surface area contributed by atoms with Crippen LogP contribution in [0.1, 0.15) is 24.9 Å². The molecular weight excluding hydrogens is 276 g/mol. The van der Waals surface area contributed by atoms with E-state index in [1.807, 2.05) is 0 Å². The zero-order chi connectivity index (χ0) is 14.9. The summed E-state index contributed by atoms with van der Waals surface area (Å²) in [4.78, 5) is 12.4. The summed E-state index contributed by atoms with van der Waals surface area (Å²) < 4.78 is 52.6. The van der Waals surface area contributed by atoms with E-state index in [1.54, 1.807) is 6.92 Å². The van der Waals surface area contributed by atoms with Crippen molar-refractivity contribution < 1.29 is 22.4 Å². The molecule has 0 spiro atoms. The predicted molar refractivity (Wildman–Crippen MR) is 64.1 cm³/mol. The summed E-state index contributed by atoms with van der Waals surface area (Å²) in [6.07, 6.45) is -4.51. The molecule has 1 aliphatic rings. The first-order chi connectivity index (χ1) is 9.38. The summed E-state index contributed by atoms with van der Waals surface area (Å²) in [6, 6.07) is 3.58. The van der Waals surface area contributed by atoms with Gasteiger partial charge < -0.3 is 0 Å². The fraction of sp³-hybridized carbons (Fsp3) is 0.308. The average Bonchev–Trinajstić information content (AvgIpc) is 2.38. The third-order valence-electron chi connectivity index (χ3n) is 2.75. The molecule has 1 aromatic rings. The maximum absolute atomic E-state index is 13.7. The highest BCUT2D eigenvalue weighted by atomic mass is 19.4. The van der Waals surface area contributed by atoms with Crippen molar-refractivity contribution in [1.82, 2.24) is 5.12 Å². The first-order valence-electron chi connectivity index (χ1n) is 5.81. The lowest BCUT2D eigenvalue weighted by atomic mass is 10.0. The first-order valence-corrected chi connectivity index (χ1v) is 5.81. The van der Waals surface area contributed by atoms with Crippen LogP contribution in [0.15, 0.2) is 24.3 Å². The van der Waals surface area contributed by atoms with Gasteiger partial charge in [0.2, 0.25) is 0 Å². The van der Waals surface area contributed by atoms with Crippen LogP contribution in [0.4, 0.5) is 28.1 Å². The molecule has 0 N–H and O–H groups in total. The summed E-state index contributed by atoms with van der Waals surface area (Å²) >= 11 is 0. The number of carbonyl (C=O) groups is 1. The molecule has 7 heteroatoms. The molecule has 0 saturated heterocycles. The standard InChI is InChI=1S/C13H10F4N2O/c1-2-3-8-18-10-7-5-4-6-9(10)11(13(14,15)16)19(17)12(18)20/h4-7,11H,2H2,1H3. The minimum atomic E-state index is -4.90. The van der Waals surface area contributed by atoms with Crippen molar-refractivity contribution in [2.24, 2.45) is 0 Å². The highest BCUT2D eigenvalue weighted by Crippen LogP contribution is 2.45. The van der Waals surface area contributed by atoms with Crippen LogP contribution in [0.25, 0.3) is 0 Å². The molecule has 1 aliphatic heterocycles. The Labute approximate surface area is 112 Å². The fourth-order valence-electron chi connectivity index (χ4n) is 1.92. The van der Waals surface area contributed by atoms with Crippen molar-refractivity contribution in [3.05, 3.63) is 29.8 Å². The number of para-hydroxylation sites is 1. The number of nitrogens with zero attached hydrogens (tertiary/aromatic N) is 2. The van der Waals surface area contributed by atoms with Crippen LogP contribution in [0.5, 0.6) is 0 Å². The normalized spacial score (nSPS) is 18.4. The number of benzene rings is 1. The topological polar surface area (TPSA) is 23.6 Å². The van der Waals surface area contributed by atoms with Crippen molar-refractivity contribution in [3.8, 4) is 12.0 Å². The first kappa shape index (κ1) is 14.2. The molecule has 20 heavy (non-hydrogen) atoms. The van der Waals surface area contributed by atoms with E-state index in [9.17, 15) is 22.4 Å². The van der Waals surface area contributed by atoms with Gasteiger partial charge in [-0.05, 0) is 6.07 Å². The van der Waals surface area contributed by atoms with Gasteiger partial charge in [0.1, 0.15) is 0 Å². The summed E-state index contributed by atoms with van der Waals surface area (Å²) in [5.74, 6) is 2.54. The van der Waals surface area contributed by atoms with Gasteiger partial charge in [-0.2, -0.15) is 13.2 Å². The number of amides is 2. The number of fused-ring (bicyclic) bond motifs is 1. The molecule has 0 aliphatic carbocycles. The molecule has 0 saturated carbocycles. The largest absolute Gasteiger partial charge is 0.416 e. The number of hydrogen-bond acceptors (Lipinski definition) is 1. The lowest BCUT2D eigenvalue weighted by Crippen LogP contribution is -2.48. The highest BCUT2D eigenvalue weighted by Gasteiger charge is 2.52. The molecule has 2 amide bonds. The molecule has 1 unspecified atom stereocenters. The van der Waals surface area contributed by atoms with Gasteiger partial charge in [0.15, 0.2) is 6.04 Å². The summed E-state index contributed by atoms with van der Waals surface area (Å²) in [7, 11) is 0. The maximum Gasteiger partial charge on any atom is 0.416 e. The Morgan fingerprint density at radius 3 is 2.55 bits per heavy atom. The van der Waals surface area contributed by atoms with E-state index in [2.05, 4.69) is 12.0 Å². The van der Waals surface area contributed by atoms with Gasteiger partial charge in [0, 0.05) is 18.0 Å². The van der Waals surface area contributed by atoms with E-state index < -0.39 is 23.4 Å². The van der Waals surface area contributed by atoms with E-state index in [1.165, 1.54) is 18.2 Å². The van der Waals surface area contributed by atoms with Gasteiger partial charge in [-0.25, -0.2) is 9.69 Å². The van der Waals surface area contributed by atoms with Gasteiger partial charge in [0.25, 0.3) is 0 Å². The van der Waals surface area contributed by atoms with E-state index in [0.717, 1.165) is 6.07 Å². The molecule has 3 nitrogen and oxygen atoms in total. The summed E-state index contributed by atoms with van der Waals surface area (Å²) in [5, 5.41) is -0.827. The monoisotopic (exact) mass is 286 g/mol. The minimum Gasteiger partial charge on any atom is -0.244 e. The smallest absolute Gasteiger partial charge is 0.244 e. The van der Waals surface area contributed by atoms with Crippen LogP contribution < -0.4 is 4.90 Å². The average molecular weight is 286 g/mol. The number of carbonyl (C=O) groups excluding carboxylic acids is 1. The molecule has 2 rings (SSSR count). The molecule has 0 aromatic heterocycles. The summed E-state index contributed by atoms with van der Waals surface area (Å²) in [5.41, 5.74) is -0.387. The number of rotatable bonds is 0. The number of alkyl halides is 3. The van der Waals surface area contributed by atoms with E-state index in [4.69, 9.17) is 0 Å². The van der Waals surface area contributed by atoms with Crippen molar-refractivity contribution in [2.45, 2.75) is 25.6 Å². The minimum absolute atomic E-state index is 0.0466. The molecule has 0 bridgehead atoms. The molecule has 1 aromatic carbocycles. The Kier molecular flexibility index (Phi) is 3.57. The molecular formula is C13H10F4N2O. The van der Waals surface area contributed by atoms with Gasteiger partial charge in [-0.1, -0.05) is 35.5 Å². The Morgan fingerprint density at radius 1 is 1.30 bits per heavy atom. The van der Waals surface area contributed by atoms with Gasteiger partial charge >= 0.3 is 12.2 Å². The van der Waals surface area contributed by atoms with E-state index in [0.29, 0.717) is 11.3 Å². The number of halogens is 4. The van der Waals surface area contributed by atoms with Crippen molar-refractivity contribution in [1.29, 1.82) is 0 Å². The summed E-state index contributed by atoms with van der Waals surface area (Å²) in [6.45, 7) is 1.71. The van der Waals surface area contributed by atoms with Gasteiger partial charge in [-0.15, -0.1) is 5.12 Å². The second-order valence-electron chi connectivity index (χ2n) is 4.07. The molecule has 0 radical (unpaired) electrons. The second kappa shape index (κ2) is 5.04. The quantitative estimate of drug-likeness (QED) is 0.404. The third kappa shape index (κ3) is 2.29. The van der Waals surface area contributed by atoms with Crippen LogP contribution in [0, 0.1) is 12.0 Å². The van der Waals surface area contributed by atoms with Crippen molar-refractivity contribution in [2.75, 3.05) is 4.90 Å². The Balaban J connectivity index is 2.60. The highest BCUT2D eigenvalue weighted by molar-refractivity contribution is 5.98. The van der Waals surface area contributed by atoms with Crippen LogP contribution in [-0.2, 0) is 0 Å². The Morgan fingerprint density at radius 2 is 1.95 bits per heavy atom. The fourth-order valence-corrected chi connectivity index (χ4v) is 1.92. The lowest BCUT2D eigenvalue weighted by Gasteiger charge is -2.35. The van der Waals surface area contributed by atoms with Gasteiger partial charge in [0.05, 0.1) is 5.69 Å². The Hall–Kier alpha value is -2.23. The van der Waals surface area contributed by atoms with Crippen LogP contribution >= 0.6 is 0 Å². The van der Waals surface area contributed by atoms with Gasteiger partial charge in [-0.3, -0.25) is 0 Å². The third-order valence-corrected chi connectivity index (χ3v) is 2.75. The van der Waals surface area contributed by atoms with Crippen LogP contribution in [0.2, 0.25) is 0 Å². The molecule has 1 atom stereocenters. The molecule has 0 fully saturated rings.